The van der Waals surface area contributed by atoms with Gasteiger partial charge in [-0.25, -0.2) is 8.42 Å². The van der Waals surface area contributed by atoms with Crippen LogP contribution >= 0.6 is 0 Å². The molecule has 184 valence electrons. The summed E-state index contributed by atoms with van der Waals surface area (Å²) in [6.07, 6.45) is 0. The van der Waals surface area contributed by atoms with Crippen LogP contribution in [0.5, 0.6) is 0 Å². The quantitative estimate of drug-likeness (QED) is 0.338. The molecule has 5 nitrogen and oxygen atoms in total. The van der Waals surface area contributed by atoms with Gasteiger partial charge in [-0.2, -0.15) is 0 Å². The minimum absolute atomic E-state index is 0.136. The molecule has 6 heteroatoms. The number of hydrogen-bond donors (Lipinski definition) is 1. The highest BCUT2D eigenvalue weighted by Gasteiger charge is 2.29. The van der Waals surface area contributed by atoms with Gasteiger partial charge in [0.25, 0.3) is 10.0 Å². The van der Waals surface area contributed by atoms with Crippen LogP contribution in [0.3, 0.4) is 0 Å². The van der Waals surface area contributed by atoms with Crippen molar-refractivity contribution in [3.8, 4) is 0 Å². The Kier molecular flexibility index (Phi) is 7.55. The van der Waals surface area contributed by atoms with Gasteiger partial charge >= 0.3 is 0 Å². The van der Waals surface area contributed by atoms with Gasteiger partial charge in [-0.05, 0) is 66.8 Å². The molecule has 36 heavy (non-hydrogen) atoms. The van der Waals surface area contributed by atoms with Crippen molar-refractivity contribution in [1.82, 2.24) is 5.32 Å². The van der Waals surface area contributed by atoms with E-state index in [1.54, 1.807) is 36.4 Å². The first-order valence-corrected chi connectivity index (χ1v) is 13.3. The van der Waals surface area contributed by atoms with Crippen LogP contribution in [0.1, 0.15) is 33.9 Å². The van der Waals surface area contributed by atoms with Crippen molar-refractivity contribution < 1.29 is 13.2 Å². The fourth-order valence-electron chi connectivity index (χ4n) is 4.26. The normalized spacial score (nSPS) is 12.1. The van der Waals surface area contributed by atoms with Crippen LogP contribution in [-0.4, -0.2) is 20.9 Å². The minimum atomic E-state index is -3.99. The molecule has 0 spiro atoms. The maximum absolute atomic E-state index is 13.8. The summed E-state index contributed by atoms with van der Waals surface area (Å²) in [5, 5.41) is 3.10. The maximum Gasteiger partial charge on any atom is 0.264 e. The molecule has 1 N–H and O–H groups in total. The number of rotatable bonds is 8. The Labute approximate surface area is 213 Å². The number of carbonyl (C=O) groups is 1. The van der Waals surface area contributed by atoms with E-state index in [0.29, 0.717) is 5.69 Å². The van der Waals surface area contributed by atoms with Crippen LogP contribution in [0.15, 0.2) is 108 Å². The van der Waals surface area contributed by atoms with Gasteiger partial charge in [-0.3, -0.25) is 9.10 Å². The molecule has 1 atom stereocenters. The number of sulfonamides is 1. The zero-order valence-electron chi connectivity index (χ0n) is 20.7. The van der Waals surface area contributed by atoms with Crippen LogP contribution in [-0.2, 0) is 14.8 Å². The number of nitrogens with one attached hydrogen (secondary N) is 1. The molecular formula is C30H30N2O3S. The summed E-state index contributed by atoms with van der Waals surface area (Å²) in [7, 11) is -3.99. The van der Waals surface area contributed by atoms with Crippen LogP contribution < -0.4 is 9.62 Å². The molecule has 1 amide bonds. The standard InChI is InChI=1S/C30H30N2O3S/c1-22-14-12-20-28(24(22)3)32(36(34,35)26-17-8-5-9-18-26)21-29(33)31-30(25-15-6-4-7-16-25)27-19-11-10-13-23(27)2/h4-20,30H,21H2,1-3H3,(H,31,33)/t30-/m0/s1. The van der Waals surface area contributed by atoms with Crippen molar-refractivity contribution in [1.29, 1.82) is 0 Å². The molecule has 0 saturated carbocycles. The summed E-state index contributed by atoms with van der Waals surface area (Å²) in [4.78, 5) is 13.7. The number of hydrogen-bond acceptors (Lipinski definition) is 3. The first-order chi connectivity index (χ1) is 17.3. The van der Waals surface area contributed by atoms with Crippen molar-refractivity contribution in [2.45, 2.75) is 31.7 Å². The third kappa shape index (κ3) is 5.34. The second-order valence-corrected chi connectivity index (χ2v) is 10.7. The zero-order valence-corrected chi connectivity index (χ0v) is 21.5. The predicted molar refractivity (Wildman–Crippen MR) is 144 cm³/mol. The van der Waals surface area contributed by atoms with Crippen molar-refractivity contribution in [2.24, 2.45) is 0 Å². The van der Waals surface area contributed by atoms with Gasteiger partial charge in [-0.1, -0.05) is 84.9 Å². The monoisotopic (exact) mass is 498 g/mol. The van der Waals surface area contributed by atoms with Gasteiger partial charge < -0.3 is 5.32 Å². The van der Waals surface area contributed by atoms with Crippen molar-refractivity contribution in [3.63, 3.8) is 0 Å². The Balaban J connectivity index is 1.73. The van der Waals surface area contributed by atoms with Gasteiger partial charge in [-0.15, -0.1) is 0 Å². The third-order valence-electron chi connectivity index (χ3n) is 6.40. The number of carbonyl (C=O) groups excluding carboxylic acids is 1. The van der Waals surface area contributed by atoms with Gasteiger partial charge in [0.15, 0.2) is 0 Å². The molecule has 0 aliphatic rings. The summed E-state index contributed by atoms with van der Waals surface area (Å²) in [6.45, 7) is 5.45. The van der Waals surface area contributed by atoms with Crippen LogP contribution in [0.25, 0.3) is 0 Å². The Morgan fingerprint density at radius 2 is 1.33 bits per heavy atom. The number of aryl methyl sites for hydroxylation is 2. The number of amides is 1. The van der Waals surface area contributed by atoms with Crippen LogP contribution in [0.4, 0.5) is 5.69 Å². The number of anilines is 1. The first-order valence-electron chi connectivity index (χ1n) is 11.8. The number of nitrogens with zero attached hydrogens (tertiary/aromatic N) is 1. The highest BCUT2D eigenvalue weighted by molar-refractivity contribution is 7.92. The second kappa shape index (κ2) is 10.8. The van der Waals surface area contributed by atoms with E-state index in [4.69, 9.17) is 0 Å². The van der Waals surface area contributed by atoms with E-state index in [-0.39, 0.29) is 11.4 Å². The molecule has 0 fully saturated rings. The average Bonchev–Trinajstić information content (AvgIpc) is 2.89. The van der Waals surface area contributed by atoms with Gasteiger partial charge in [0.1, 0.15) is 6.54 Å². The molecular weight excluding hydrogens is 468 g/mol. The van der Waals surface area contributed by atoms with E-state index >= 15 is 0 Å². The predicted octanol–water partition coefficient (Wildman–Crippen LogP) is 5.71. The zero-order chi connectivity index (χ0) is 25.7. The lowest BCUT2D eigenvalue weighted by Crippen LogP contribution is -2.42. The van der Waals surface area contributed by atoms with E-state index in [2.05, 4.69) is 5.32 Å². The molecule has 4 aromatic carbocycles. The van der Waals surface area contributed by atoms with Crippen molar-refractivity contribution >= 4 is 21.6 Å². The summed E-state index contributed by atoms with van der Waals surface area (Å²) in [5.41, 5.74) is 5.16. The Morgan fingerprint density at radius 1 is 0.750 bits per heavy atom. The van der Waals surface area contributed by atoms with Gasteiger partial charge in [0.05, 0.1) is 16.6 Å². The second-order valence-electron chi connectivity index (χ2n) is 8.81. The Hall–Kier alpha value is -3.90. The molecule has 0 heterocycles. The van der Waals surface area contributed by atoms with Gasteiger partial charge in [0, 0.05) is 0 Å². The third-order valence-corrected chi connectivity index (χ3v) is 8.17. The van der Waals surface area contributed by atoms with E-state index in [0.717, 1.165) is 27.8 Å². The van der Waals surface area contributed by atoms with Crippen molar-refractivity contribution in [2.75, 3.05) is 10.8 Å². The fourth-order valence-corrected chi connectivity index (χ4v) is 5.76. The van der Waals surface area contributed by atoms with Crippen molar-refractivity contribution in [3.05, 3.63) is 131 Å². The highest BCUT2D eigenvalue weighted by Crippen LogP contribution is 2.29. The molecule has 0 aliphatic carbocycles. The van der Waals surface area contributed by atoms with Crippen LogP contribution in [0, 0.1) is 20.8 Å². The van der Waals surface area contributed by atoms with E-state index in [1.807, 2.05) is 87.5 Å². The molecule has 4 rings (SSSR count). The lowest BCUT2D eigenvalue weighted by molar-refractivity contribution is -0.120. The summed E-state index contributed by atoms with van der Waals surface area (Å²) in [5.74, 6) is -0.396. The van der Waals surface area contributed by atoms with E-state index in [1.165, 1.54) is 4.31 Å². The van der Waals surface area contributed by atoms with Crippen LogP contribution in [0.2, 0.25) is 0 Å². The Bertz CT molecular complexity index is 1450. The largest absolute Gasteiger partial charge is 0.344 e. The van der Waals surface area contributed by atoms with E-state index in [9.17, 15) is 13.2 Å². The summed E-state index contributed by atoms with van der Waals surface area (Å²) >= 11 is 0. The van der Waals surface area contributed by atoms with Gasteiger partial charge in [0.2, 0.25) is 5.91 Å². The highest BCUT2D eigenvalue weighted by atomic mass is 32.2. The summed E-state index contributed by atoms with van der Waals surface area (Å²) < 4.78 is 28.7. The lowest BCUT2D eigenvalue weighted by atomic mass is 9.95. The molecule has 0 aliphatic heterocycles. The lowest BCUT2D eigenvalue weighted by Gasteiger charge is -2.28. The minimum Gasteiger partial charge on any atom is -0.344 e. The molecule has 0 unspecified atom stereocenters. The molecule has 4 aromatic rings. The molecule has 0 bridgehead atoms. The molecule has 0 saturated heterocycles. The average molecular weight is 499 g/mol. The first kappa shape index (κ1) is 25.2. The molecule has 0 radical (unpaired) electrons. The maximum atomic E-state index is 13.8. The topological polar surface area (TPSA) is 66.5 Å². The summed E-state index contributed by atoms with van der Waals surface area (Å²) in [6, 6.07) is 30.8. The smallest absolute Gasteiger partial charge is 0.264 e. The Morgan fingerprint density at radius 3 is 2.00 bits per heavy atom. The fraction of sp³-hybridized carbons (Fsp3) is 0.167. The SMILES string of the molecule is Cc1ccccc1[C@@H](NC(=O)CN(c1cccc(C)c1C)S(=O)(=O)c1ccccc1)c1ccccc1. The molecule has 0 aromatic heterocycles. The number of benzene rings is 4. The van der Waals surface area contributed by atoms with E-state index < -0.39 is 22.0 Å².